The predicted octanol–water partition coefficient (Wildman–Crippen LogP) is 3.47. The van der Waals surface area contributed by atoms with Crippen LogP contribution in [0.25, 0.3) is 0 Å². The summed E-state index contributed by atoms with van der Waals surface area (Å²) in [5, 5.41) is 15.0. The number of rotatable bonds is 3. The molecule has 0 unspecified atom stereocenters. The highest BCUT2D eigenvalue weighted by atomic mass is 19.1. The fourth-order valence-electron chi connectivity index (χ4n) is 2.44. The van der Waals surface area contributed by atoms with Crippen molar-refractivity contribution in [2.75, 3.05) is 5.32 Å². The zero-order chi connectivity index (χ0) is 17.2. The van der Waals surface area contributed by atoms with Gasteiger partial charge in [-0.1, -0.05) is 0 Å². The molecule has 0 atom stereocenters. The van der Waals surface area contributed by atoms with E-state index in [1.807, 2.05) is 26.8 Å². The van der Waals surface area contributed by atoms with Gasteiger partial charge < -0.3 is 15.4 Å². The minimum absolute atomic E-state index is 0.0478. The van der Waals surface area contributed by atoms with Crippen LogP contribution in [0.4, 0.5) is 14.9 Å². The topological polar surface area (TPSA) is 74.2 Å². The summed E-state index contributed by atoms with van der Waals surface area (Å²) in [7, 11) is 0. The van der Waals surface area contributed by atoms with E-state index in [0.717, 1.165) is 12.8 Å². The molecule has 0 saturated heterocycles. The minimum Gasteiger partial charge on any atom is -0.444 e. The first-order valence-electron chi connectivity index (χ1n) is 7.64. The molecule has 1 aromatic carbocycles. The molecule has 0 aliphatic heterocycles. The molecule has 0 spiro atoms. The molecule has 0 aromatic heterocycles. The van der Waals surface area contributed by atoms with E-state index in [4.69, 9.17) is 10.00 Å². The molecule has 124 valence electrons. The highest BCUT2D eigenvalue weighted by Crippen LogP contribution is 2.28. The van der Waals surface area contributed by atoms with Crippen LogP contribution in [0.1, 0.15) is 44.7 Å². The molecule has 23 heavy (non-hydrogen) atoms. The molecule has 0 bridgehead atoms. The van der Waals surface area contributed by atoms with E-state index in [1.54, 1.807) is 13.0 Å². The number of hydrogen-bond donors (Lipinski definition) is 2. The van der Waals surface area contributed by atoms with Crippen molar-refractivity contribution in [3.63, 3.8) is 0 Å². The average molecular weight is 319 g/mol. The lowest BCUT2D eigenvalue weighted by molar-refractivity contribution is 0.0475. The number of nitrogens with one attached hydrogen (secondary N) is 2. The fourth-order valence-corrected chi connectivity index (χ4v) is 2.44. The van der Waals surface area contributed by atoms with Crippen molar-refractivity contribution < 1.29 is 13.9 Å². The summed E-state index contributed by atoms with van der Waals surface area (Å²) in [6.45, 7) is 7.12. The average Bonchev–Trinajstić information content (AvgIpc) is 2.38. The Morgan fingerprint density at radius 1 is 1.35 bits per heavy atom. The molecule has 1 fully saturated rings. The van der Waals surface area contributed by atoms with Crippen molar-refractivity contribution >= 4 is 11.8 Å². The van der Waals surface area contributed by atoms with Gasteiger partial charge >= 0.3 is 6.09 Å². The molecule has 1 aliphatic rings. The molecule has 1 aliphatic carbocycles. The molecule has 2 N–H and O–H groups in total. The first kappa shape index (κ1) is 17.1. The normalized spacial score (nSPS) is 20.2. The fraction of sp³-hybridized carbons (Fsp3) is 0.529. The summed E-state index contributed by atoms with van der Waals surface area (Å²) in [6.07, 6.45) is 1.04. The molecule has 1 amide bonds. The number of anilines is 1. The summed E-state index contributed by atoms with van der Waals surface area (Å²) in [5.74, 6) is -0.394. The lowest BCUT2D eigenvalue weighted by Crippen LogP contribution is -2.50. The van der Waals surface area contributed by atoms with Crippen molar-refractivity contribution in [1.29, 1.82) is 5.26 Å². The molecule has 0 radical (unpaired) electrons. The van der Waals surface area contributed by atoms with Crippen LogP contribution in [0.5, 0.6) is 0 Å². The number of nitriles is 1. The number of alkyl carbamates (subject to hydrolysis) is 1. The molecule has 0 heterocycles. The number of ether oxygens (including phenoxy) is 1. The first-order chi connectivity index (χ1) is 10.7. The molecule has 2 rings (SSSR count). The smallest absolute Gasteiger partial charge is 0.407 e. The van der Waals surface area contributed by atoms with Crippen LogP contribution in [0.3, 0.4) is 0 Å². The van der Waals surface area contributed by atoms with E-state index in [9.17, 15) is 9.18 Å². The predicted molar refractivity (Wildman–Crippen MR) is 85.7 cm³/mol. The van der Waals surface area contributed by atoms with E-state index < -0.39 is 17.5 Å². The van der Waals surface area contributed by atoms with Crippen molar-refractivity contribution in [2.45, 2.75) is 58.2 Å². The zero-order valence-electron chi connectivity index (χ0n) is 13.9. The van der Waals surface area contributed by atoms with Gasteiger partial charge in [-0.25, -0.2) is 9.18 Å². The highest BCUT2D eigenvalue weighted by molar-refractivity contribution is 5.68. The number of hydrogen-bond acceptors (Lipinski definition) is 4. The van der Waals surface area contributed by atoms with Gasteiger partial charge in [0, 0.05) is 23.3 Å². The second kappa shape index (κ2) is 6.45. The SMILES string of the molecule is Cc1c(F)cc(C#N)cc1NC1CC(NC(=O)OC(C)(C)C)C1. The van der Waals surface area contributed by atoms with Gasteiger partial charge in [0.05, 0.1) is 11.6 Å². The lowest BCUT2D eigenvalue weighted by atomic mass is 9.86. The number of nitrogens with zero attached hydrogens (tertiary/aromatic N) is 1. The van der Waals surface area contributed by atoms with Gasteiger partial charge in [-0.05, 0) is 52.7 Å². The monoisotopic (exact) mass is 319 g/mol. The summed E-state index contributed by atoms with van der Waals surface area (Å²) >= 11 is 0. The third-order valence-corrected chi connectivity index (χ3v) is 3.69. The molecular weight excluding hydrogens is 297 g/mol. The lowest BCUT2D eigenvalue weighted by Gasteiger charge is -2.37. The Morgan fingerprint density at radius 3 is 2.57 bits per heavy atom. The van der Waals surface area contributed by atoms with Crippen molar-refractivity contribution in [3.05, 3.63) is 29.1 Å². The van der Waals surface area contributed by atoms with Gasteiger partial charge in [-0.3, -0.25) is 0 Å². The number of halogens is 1. The molecule has 6 heteroatoms. The van der Waals surface area contributed by atoms with E-state index in [-0.39, 0.29) is 12.1 Å². The van der Waals surface area contributed by atoms with Crippen molar-refractivity contribution in [2.24, 2.45) is 0 Å². The summed E-state index contributed by atoms with van der Waals surface area (Å²) in [6, 6.07) is 5.01. The molecular formula is C17H22FN3O2. The Morgan fingerprint density at radius 2 is 2.00 bits per heavy atom. The maximum atomic E-state index is 13.7. The molecule has 5 nitrogen and oxygen atoms in total. The largest absolute Gasteiger partial charge is 0.444 e. The molecule has 1 saturated carbocycles. The third kappa shape index (κ3) is 4.59. The second-order valence-corrected chi connectivity index (χ2v) is 6.90. The maximum absolute atomic E-state index is 13.7. The van der Waals surface area contributed by atoms with E-state index in [2.05, 4.69) is 10.6 Å². The van der Waals surface area contributed by atoms with Crippen LogP contribution >= 0.6 is 0 Å². The van der Waals surface area contributed by atoms with Gasteiger partial charge in [0.1, 0.15) is 11.4 Å². The van der Waals surface area contributed by atoms with E-state index >= 15 is 0 Å². The van der Waals surface area contributed by atoms with Gasteiger partial charge in [-0.15, -0.1) is 0 Å². The Kier molecular flexibility index (Phi) is 4.79. The highest BCUT2D eigenvalue weighted by Gasteiger charge is 2.32. The Labute approximate surface area is 135 Å². The van der Waals surface area contributed by atoms with Crippen LogP contribution in [-0.2, 0) is 4.74 Å². The van der Waals surface area contributed by atoms with E-state index in [1.165, 1.54) is 6.07 Å². The second-order valence-electron chi connectivity index (χ2n) is 6.90. The van der Waals surface area contributed by atoms with Crippen molar-refractivity contribution in [3.8, 4) is 6.07 Å². The summed E-state index contributed by atoms with van der Waals surface area (Å²) in [4.78, 5) is 11.7. The standard InChI is InChI=1S/C17H22FN3O2/c1-10-14(18)5-11(9-19)6-15(10)20-12-7-13(8-12)21-16(22)23-17(2,3)4/h5-6,12-13,20H,7-8H2,1-4H3,(H,21,22). The third-order valence-electron chi connectivity index (χ3n) is 3.69. The van der Waals surface area contributed by atoms with E-state index in [0.29, 0.717) is 16.8 Å². The first-order valence-corrected chi connectivity index (χ1v) is 7.64. The van der Waals surface area contributed by atoms with Gasteiger partial charge in [0.25, 0.3) is 0 Å². The quantitative estimate of drug-likeness (QED) is 0.894. The minimum atomic E-state index is -0.516. The number of benzene rings is 1. The summed E-state index contributed by atoms with van der Waals surface area (Å²) in [5.41, 5.74) is 0.894. The van der Waals surface area contributed by atoms with Crippen LogP contribution in [-0.4, -0.2) is 23.8 Å². The Bertz CT molecular complexity index is 640. The number of amides is 1. The van der Waals surface area contributed by atoms with Gasteiger partial charge in [-0.2, -0.15) is 5.26 Å². The maximum Gasteiger partial charge on any atom is 0.407 e. The molecule has 1 aromatic rings. The van der Waals surface area contributed by atoms with Gasteiger partial charge in [0.15, 0.2) is 0 Å². The number of carbonyl (C=O) groups is 1. The Hall–Kier alpha value is -2.29. The van der Waals surface area contributed by atoms with Crippen molar-refractivity contribution in [1.82, 2.24) is 5.32 Å². The Balaban J connectivity index is 1.86. The van der Waals surface area contributed by atoms with Crippen LogP contribution in [0.15, 0.2) is 12.1 Å². The zero-order valence-corrected chi connectivity index (χ0v) is 13.9. The van der Waals surface area contributed by atoms with Gasteiger partial charge in [0.2, 0.25) is 0 Å². The van der Waals surface area contributed by atoms with Crippen LogP contribution in [0.2, 0.25) is 0 Å². The number of carbonyl (C=O) groups excluding carboxylic acids is 1. The summed E-state index contributed by atoms with van der Waals surface area (Å²) < 4.78 is 18.9. The van der Waals surface area contributed by atoms with Crippen LogP contribution < -0.4 is 10.6 Å². The van der Waals surface area contributed by atoms with Crippen LogP contribution in [0, 0.1) is 24.1 Å².